The zero-order valence-electron chi connectivity index (χ0n) is 14.7. The zero-order chi connectivity index (χ0) is 17.8. The van der Waals surface area contributed by atoms with Crippen LogP contribution in [0.25, 0.3) is 0 Å². The highest BCUT2D eigenvalue weighted by Crippen LogP contribution is 2.35. The first-order valence-corrected chi connectivity index (χ1v) is 9.75. The Morgan fingerprint density at radius 2 is 2.16 bits per heavy atom. The number of benzene rings is 1. The van der Waals surface area contributed by atoms with Gasteiger partial charge in [-0.2, -0.15) is 16.9 Å². The Hall–Kier alpha value is -1.82. The number of H-pyrrole nitrogens is 1. The Bertz CT molecular complexity index is 727. The maximum Gasteiger partial charge on any atom is 0.222 e. The van der Waals surface area contributed by atoms with Gasteiger partial charge in [0.25, 0.3) is 0 Å². The van der Waals surface area contributed by atoms with Gasteiger partial charge < -0.3 is 4.90 Å². The first-order chi connectivity index (χ1) is 12.1. The molecule has 4 nitrogen and oxygen atoms in total. The summed E-state index contributed by atoms with van der Waals surface area (Å²) in [6.07, 6.45) is 2.00. The van der Waals surface area contributed by atoms with E-state index in [0.717, 1.165) is 41.2 Å². The van der Waals surface area contributed by atoms with E-state index in [0.29, 0.717) is 19.4 Å². The molecule has 134 valence electrons. The highest BCUT2D eigenvalue weighted by atomic mass is 32.2. The van der Waals surface area contributed by atoms with E-state index in [1.807, 2.05) is 30.9 Å². The van der Waals surface area contributed by atoms with Crippen LogP contribution in [0.1, 0.15) is 40.6 Å². The summed E-state index contributed by atoms with van der Waals surface area (Å²) in [5.74, 6) is 0.870. The SMILES string of the molecule is Cc1n[nH]c(C)c1CCC(=O)N1CCSC(c2ccccc2F)CC1. The average molecular weight is 361 g/mol. The van der Waals surface area contributed by atoms with Gasteiger partial charge in [-0.15, -0.1) is 0 Å². The highest BCUT2D eigenvalue weighted by molar-refractivity contribution is 7.99. The van der Waals surface area contributed by atoms with Gasteiger partial charge in [0.05, 0.1) is 5.69 Å². The van der Waals surface area contributed by atoms with Gasteiger partial charge in [0.15, 0.2) is 0 Å². The molecular weight excluding hydrogens is 337 g/mol. The largest absolute Gasteiger partial charge is 0.342 e. The first kappa shape index (κ1) is 18.0. The molecule has 1 aromatic heterocycles. The van der Waals surface area contributed by atoms with Crippen molar-refractivity contribution in [1.82, 2.24) is 15.1 Å². The molecule has 25 heavy (non-hydrogen) atoms. The summed E-state index contributed by atoms with van der Waals surface area (Å²) in [6, 6.07) is 6.96. The topological polar surface area (TPSA) is 49.0 Å². The number of carbonyl (C=O) groups excluding carboxylic acids is 1. The standard InChI is InChI=1S/C19H24FN3OS/c1-13-15(14(2)22-21-13)7-8-19(24)23-10-9-18(25-12-11-23)16-5-3-4-6-17(16)20/h3-6,18H,7-12H2,1-2H3,(H,21,22). The van der Waals surface area contributed by atoms with E-state index in [1.165, 1.54) is 6.07 Å². The molecule has 1 fully saturated rings. The van der Waals surface area contributed by atoms with Crippen LogP contribution in [0.15, 0.2) is 24.3 Å². The second-order valence-electron chi connectivity index (χ2n) is 6.46. The van der Waals surface area contributed by atoms with Crippen molar-refractivity contribution in [1.29, 1.82) is 0 Å². The normalized spacial score (nSPS) is 18.2. The van der Waals surface area contributed by atoms with E-state index in [2.05, 4.69) is 10.2 Å². The second-order valence-corrected chi connectivity index (χ2v) is 7.77. The Morgan fingerprint density at radius 1 is 1.36 bits per heavy atom. The lowest BCUT2D eigenvalue weighted by atomic mass is 10.1. The third-order valence-electron chi connectivity index (χ3n) is 4.82. The van der Waals surface area contributed by atoms with E-state index in [9.17, 15) is 9.18 Å². The Kier molecular flexibility index (Phi) is 5.78. The second kappa shape index (κ2) is 8.04. The van der Waals surface area contributed by atoms with Crippen molar-refractivity contribution in [3.63, 3.8) is 0 Å². The van der Waals surface area contributed by atoms with Gasteiger partial charge in [-0.05, 0) is 38.3 Å². The van der Waals surface area contributed by atoms with Crippen molar-refractivity contribution in [2.24, 2.45) is 0 Å². The Balaban J connectivity index is 1.57. The summed E-state index contributed by atoms with van der Waals surface area (Å²) in [7, 11) is 0. The molecule has 0 aliphatic carbocycles. The molecule has 6 heteroatoms. The van der Waals surface area contributed by atoms with E-state index >= 15 is 0 Å². The minimum atomic E-state index is -0.148. The van der Waals surface area contributed by atoms with Crippen molar-refractivity contribution in [2.45, 2.75) is 38.4 Å². The molecule has 1 unspecified atom stereocenters. The Labute approximate surface area is 152 Å². The molecule has 1 N–H and O–H groups in total. The quantitative estimate of drug-likeness (QED) is 0.901. The molecule has 2 aromatic rings. The van der Waals surface area contributed by atoms with Gasteiger partial charge in [-0.3, -0.25) is 9.89 Å². The van der Waals surface area contributed by atoms with Gasteiger partial charge in [0.1, 0.15) is 5.82 Å². The molecule has 0 bridgehead atoms. The van der Waals surface area contributed by atoms with Crippen LogP contribution >= 0.6 is 11.8 Å². The summed E-state index contributed by atoms with van der Waals surface area (Å²) in [5, 5.41) is 7.27. The van der Waals surface area contributed by atoms with Gasteiger partial charge in [0.2, 0.25) is 5.91 Å². The lowest BCUT2D eigenvalue weighted by molar-refractivity contribution is -0.130. The number of rotatable bonds is 4. The van der Waals surface area contributed by atoms with Crippen LogP contribution in [0.4, 0.5) is 4.39 Å². The van der Waals surface area contributed by atoms with Crippen molar-refractivity contribution in [2.75, 3.05) is 18.8 Å². The number of aromatic nitrogens is 2. The number of amides is 1. The predicted octanol–water partition coefficient (Wildman–Crippen LogP) is 3.81. The summed E-state index contributed by atoms with van der Waals surface area (Å²) in [6.45, 7) is 5.37. The molecule has 0 radical (unpaired) electrons. The molecule has 0 saturated carbocycles. The first-order valence-electron chi connectivity index (χ1n) is 8.70. The molecule has 1 aromatic carbocycles. The van der Waals surface area contributed by atoms with Crippen LogP contribution in [0.5, 0.6) is 0 Å². The number of aryl methyl sites for hydroxylation is 2. The maximum absolute atomic E-state index is 14.0. The third kappa shape index (κ3) is 4.24. The fourth-order valence-electron chi connectivity index (χ4n) is 3.34. The molecule has 1 aliphatic heterocycles. The smallest absolute Gasteiger partial charge is 0.222 e. The number of halogens is 1. The van der Waals surface area contributed by atoms with Crippen molar-refractivity contribution >= 4 is 17.7 Å². The summed E-state index contributed by atoms with van der Waals surface area (Å²) in [5.41, 5.74) is 3.90. The third-order valence-corrected chi connectivity index (χ3v) is 6.13. The fraction of sp³-hybridized carbons (Fsp3) is 0.474. The lowest BCUT2D eigenvalue weighted by Gasteiger charge is -2.20. The molecule has 1 saturated heterocycles. The zero-order valence-corrected chi connectivity index (χ0v) is 15.5. The van der Waals surface area contributed by atoms with Gasteiger partial charge in [-0.25, -0.2) is 4.39 Å². The van der Waals surface area contributed by atoms with Gasteiger partial charge in [-0.1, -0.05) is 18.2 Å². The minimum absolute atomic E-state index is 0.123. The summed E-state index contributed by atoms with van der Waals surface area (Å²) in [4.78, 5) is 14.5. The summed E-state index contributed by atoms with van der Waals surface area (Å²) >= 11 is 1.74. The number of carbonyl (C=O) groups is 1. The fourth-order valence-corrected chi connectivity index (χ4v) is 4.59. The van der Waals surface area contributed by atoms with E-state index in [1.54, 1.807) is 17.8 Å². The van der Waals surface area contributed by atoms with Crippen LogP contribution in [0.3, 0.4) is 0 Å². The predicted molar refractivity (Wildman–Crippen MR) is 99.2 cm³/mol. The molecule has 0 spiro atoms. The van der Waals surface area contributed by atoms with E-state index in [4.69, 9.17) is 0 Å². The molecule has 2 heterocycles. The highest BCUT2D eigenvalue weighted by Gasteiger charge is 2.23. The van der Waals surface area contributed by atoms with Crippen molar-refractivity contribution in [3.8, 4) is 0 Å². The van der Waals surface area contributed by atoms with E-state index < -0.39 is 0 Å². The van der Waals surface area contributed by atoms with E-state index in [-0.39, 0.29) is 17.0 Å². The van der Waals surface area contributed by atoms with Crippen LogP contribution in [-0.4, -0.2) is 39.8 Å². The molecule has 1 atom stereocenters. The summed E-state index contributed by atoms with van der Waals surface area (Å²) < 4.78 is 14.0. The van der Waals surface area contributed by atoms with Crippen molar-refractivity contribution in [3.05, 3.63) is 52.6 Å². The number of hydrogen-bond acceptors (Lipinski definition) is 3. The maximum atomic E-state index is 14.0. The van der Waals surface area contributed by atoms with Crippen LogP contribution in [0, 0.1) is 19.7 Å². The number of thioether (sulfide) groups is 1. The van der Waals surface area contributed by atoms with Crippen LogP contribution in [0.2, 0.25) is 0 Å². The minimum Gasteiger partial charge on any atom is -0.342 e. The van der Waals surface area contributed by atoms with Crippen molar-refractivity contribution < 1.29 is 9.18 Å². The average Bonchev–Trinajstić information content (AvgIpc) is 2.79. The number of nitrogens with zero attached hydrogens (tertiary/aromatic N) is 2. The van der Waals surface area contributed by atoms with Gasteiger partial charge >= 0.3 is 0 Å². The molecule has 1 aliphatic rings. The number of aromatic amines is 1. The molecule has 1 amide bonds. The number of hydrogen-bond donors (Lipinski definition) is 1. The van der Waals surface area contributed by atoms with Gasteiger partial charge in [0, 0.05) is 41.8 Å². The monoisotopic (exact) mass is 361 g/mol. The lowest BCUT2D eigenvalue weighted by Crippen LogP contribution is -2.33. The van der Waals surface area contributed by atoms with Crippen LogP contribution < -0.4 is 0 Å². The Morgan fingerprint density at radius 3 is 2.88 bits per heavy atom. The van der Waals surface area contributed by atoms with Crippen LogP contribution in [-0.2, 0) is 11.2 Å². The molecular formula is C19H24FN3OS. The number of nitrogens with one attached hydrogen (secondary N) is 1. The molecule has 3 rings (SSSR count).